The average Bonchev–Trinajstić information content (AvgIpc) is 3.02. The first kappa shape index (κ1) is 20.0. The van der Waals surface area contributed by atoms with Gasteiger partial charge in [-0.25, -0.2) is 0 Å². The van der Waals surface area contributed by atoms with Crippen LogP contribution in [0.15, 0.2) is 12.1 Å². The number of phenols is 1. The van der Waals surface area contributed by atoms with Crippen molar-refractivity contribution in [3.63, 3.8) is 0 Å². The van der Waals surface area contributed by atoms with Gasteiger partial charge in [0.1, 0.15) is 16.9 Å². The number of carbonyl (C=O) groups excluding carboxylic acids is 1. The maximum Gasteiger partial charge on any atom is 0.256 e. The Morgan fingerprint density at radius 1 is 1.32 bits per heavy atom. The zero-order chi connectivity index (χ0) is 20.2. The van der Waals surface area contributed by atoms with Crippen molar-refractivity contribution < 1.29 is 9.90 Å². The quantitative estimate of drug-likeness (QED) is 0.460. The fraction of sp³-hybridized carbons (Fsp3) is 0.500. The van der Waals surface area contributed by atoms with E-state index in [-0.39, 0.29) is 11.7 Å². The van der Waals surface area contributed by atoms with Crippen LogP contribution in [0.1, 0.15) is 71.7 Å². The van der Waals surface area contributed by atoms with Crippen LogP contribution in [-0.2, 0) is 12.8 Å². The maximum atomic E-state index is 13.0. The zero-order valence-electron chi connectivity index (χ0n) is 16.8. The standard InChI is InChI=1S/C22H27IN2O2S/c1-5-22(3,4)12-6-7-14-16(9-12)28-21-17(14)20(27)24-19(25-21)15-10-13(23)8-11(2)18(15)26/h8,10,12,19,25-26H,5-7,9H2,1-4H3,(H,24,27). The summed E-state index contributed by atoms with van der Waals surface area (Å²) in [6.45, 7) is 8.87. The van der Waals surface area contributed by atoms with E-state index in [1.165, 1.54) is 16.9 Å². The van der Waals surface area contributed by atoms with Crippen LogP contribution in [0.3, 0.4) is 0 Å². The van der Waals surface area contributed by atoms with Gasteiger partial charge in [-0.3, -0.25) is 4.79 Å². The van der Waals surface area contributed by atoms with Gasteiger partial charge in [0.05, 0.1) is 5.56 Å². The Kier molecular flexibility index (Phi) is 5.15. The molecule has 2 atom stereocenters. The number of amides is 1. The van der Waals surface area contributed by atoms with Crippen LogP contribution in [0, 0.1) is 21.8 Å². The molecule has 6 heteroatoms. The Morgan fingerprint density at radius 2 is 2.07 bits per heavy atom. The molecule has 2 aliphatic rings. The lowest BCUT2D eigenvalue weighted by Crippen LogP contribution is -2.38. The predicted octanol–water partition coefficient (Wildman–Crippen LogP) is 5.76. The molecule has 0 spiro atoms. The second-order valence-electron chi connectivity index (χ2n) is 8.70. The Bertz CT molecular complexity index is 950. The number of aromatic hydroxyl groups is 1. The number of phenolic OH excluding ortho intramolecular Hbond substituents is 1. The van der Waals surface area contributed by atoms with E-state index >= 15 is 0 Å². The molecular weight excluding hydrogens is 483 g/mol. The van der Waals surface area contributed by atoms with Crippen LogP contribution < -0.4 is 10.6 Å². The van der Waals surface area contributed by atoms with Gasteiger partial charge in [0, 0.05) is 14.0 Å². The molecule has 4 nitrogen and oxygen atoms in total. The molecule has 3 N–H and O–H groups in total. The Balaban J connectivity index is 1.67. The van der Waals surface area contributed by atoms with Gasteiger partial charge in [-0.15, -0.1) is 11.3 Å². The summed E-state index contributed by atoms with van der Waals surface area (Å²) >= 11 is 3.97. The number of thiophene rings is 1. The van der Waals surface area contributed by atoms with Crippen LogP contribution in [0.5, 0.6) is 5.75 Å². The molecule has 1 aliphatic heterocycles. The Morgan fingerprint density at radius 3 is 2.79 bits per heavy atom. The molecule has 0 saturated heterocycles. The molecule has 28 heavy (non-hydrogen) atoms. The summed E-state index contributed by atoms with van der Waals surface area (Å²) in [7, 11) is 0. The third kappa shape index (κ3) is 3.32. The van der Waals surface area contributed by atoms with Crippen molar-refractivity contribution >= 4 is 44.8 Å². The summed E-state index contributed by atoms with van der Waals surface area (Å²) in [5.74, 6) is 0.875. The molecule has 0 radical (unpaired) electrons. The minimum absolute atomic E-state index is 0.0274. The number of hydrogen-bond donors (Lipinski definition) is 3. The highest BCUT2D eigenvalue weighted by Gasteiger charge is 2.37. The SMILES string of the molecule is CCC(C)(C)C1CCc2c(sc3c2C(=O)NC(c2cc(I)cc(C)c2O)N3)C1. The molecule has 0 fully saturated rings. The van der Waals surface area contributed by atoms with Crippen LogP contribution >= 0.6 is 33.9 Å². The number of benzene rings is 1. The van der Waals surface area contributed by atoms with Gasteiger partial charge in [-0.05, 0) is 83.4 Å². The number of carbonyl (C=O) groups is 1. The van der Waals surface area contributed by atoms with Crippen molar-refractivity contribution in [1.82, 2.24) is 5.32 Å². The highest BCUT2D eigenvalue weighted by atomic mass is 127. The van der Waals surface area contributed by atoms with E-state index in [4.69, 9.17) is 0 Å². The van der Waals surface area contributed by atoms with E-state index in [0.717, 1.165) is 44.5 Å². The van der Waals surface area contributed by atoms with Gasteiger partial charge in [0.2, 0.25) is 0 Å². The van der Waals surface area contributed by atoms with E-state index in [1.54, 1.807) is 11.3 Å². The summed E-state index contributed by atoms with van der Waals surface area (Å²) in [5.41, 5.74) is 3.92. The first-order valence-electron chi connectivity index (χ1n) is 9.92. The number of fused-ring (bicyclic) bond motifs is 3. The van der Waals surface area contributed by atoms with E-state index in [2.05, 4.69) is 54.0 Å². The first-order chi connectivity index (χ1) is 13.2. The van der Waals surface area contributed by atoms with Gasteiger partial charge in [0.25, 0.3) is 5.91 Å². The van der Waals surface area contributed by atoms with Gasteiger partial charge >= 0.3 is 0 Å². The summed E-state index contributed by atoms with van der Waals surface area (Å²) in [4.78, 5) is 14.3. The van der Waals surface area contributed by atoms with E-state index < -0.39 is 6.17 Å². The molecule has 1 amide bonds. The smallest absolute Gasteiger partial charge is 0.256 e. The average molecular weight is 510 g/mol. The van der Waals surface area contributed by atoms with E-state index in [1.807, 2.05) is 19.1 Å². The summed E-state index contributed by atoms with van der Waals surface area (Å²) in [6.07, 6.45) is 3.94. The molecule has 1 aliphatic carbocycles. The highest BCUT2D eigenvalue weighted by Crippen LogP contribution is 2.47. The van der Waals surface area contributed by atoms with Crippen molar-refractivity contribution in [2.24, 2.45) is 11.3 Å². The number of anilines is 1. The molecule has 1 aromatic carbocycles. The number of nitrogens with one attached hydrogen (secondary N) is 2. The van der Waals surface area contributed by atoms with Crippen molar-refractivity contribution in [3.05, 3.63) is 42.8 Å². The van der Waals surface area contributed by atoms with Gasteiger partial charge < -0.3 is 15.7 Å². The van der Waals surface area contributed by atoms with Gasteiger partial charge in [-0.2, -0.15) is 0 Å². The lowest BCUT2D eigenvalue weighted by Gasteiger charge is -2.36. The molecule has 1 aromatic heterocycles. The maximum absolute atomic E-state index is 13.0. The van der Waals surface area contributed by atoms with Crippen molar-refractivity contribution in [2.75, 3.05) is 5.32 Å². The molecule has 2 unspecified atom stereocenters. The van der Waals surface area contributed by atoms with Gasteiger partial charge in [0.15, 0.2) is 0 Å². The third-order valence-electron chi connectivity index (χ3n) is 6.67. The minimum atomic E-state index is -0.406. The molecule has 2 heterocycles. The fourth-order valence-corrected chi connectivity index (χ4v) is 6.55. The molecule has 150 valence electrons. The molecule has 0 saturated carbocycles. The van der Waals surface area contributed by atoms with Crippen molar-refractivity contribution in [1.29, 1.82) is 0 Å². The number of aryl methyl sites for hydroxylation is 1. The summed E-state index contributed by atoms with van der Waals surface area (Å²) in [6, 6.07) is 3.87. The first-order valence-corrected chi connectivity index (χ1v) is 11.8. The second-order valence-corrected chi connectivity index (χ2v) is 11.1. The monoisotopic (exact) mass is 510 g/mol. The third-order valence-corrected chi connectivity index (χ3v) is 8.47. The zero-order valence-corrected chi connectivity index (χ0v) is 19.8. The minimum Gasteiger partial charge on any atom is -0.507 e. The highest BCUT2D eigenvalue weighted by molar-refractivity contribution is 14.1. The summed E-state index contributed by atoms with van der Waals surface area (Å²) < 4.78 is 1.04. The lowest BCUT2D eigenvalue weighted by molar-refractivity contribution is 0.0934. The Labute approximate surface area is 184 Å². The van der Waals surface area contributed by atoms with Crippen molar-refractivity contribution in [3.8, 4) is 5.75 Å². The van der Waals surface area contributed by atoms with E-state index in [0.29, 0.717) is 11.3 Å². The predicted molar refractivity (Wildman–Crippen MR) is 123 cm³/mol. The lowest BCUT2D eigenvalue weighted by atomic mass is 9.69. The largest absolute Gasteiger partial charge is 0.507 e. The Hall–Kier alpha value is -1.28. The molecule has 4 rings (SSSR count). The van der Waals surface area contributed by atoms with Crippen LogP contribution in [0.2, 0.25) is 0 Å². The van der Waals surface area contributed by atoms with Crippen LogP contribution in [0.4, 0.5) is 5.00 Å². The number of halogens is 1. The normalized spacial score (nSPS) is 21.5. The molecule has 2 aromatic rings. The van der Waals surface area contributed by atoms with Crippen LogP contribution in [0.25, 0.3) is 0 Å². The topological polar surface area (TPSA) is 61.4 Å². The summed E-state index contributed by atoms with van der Waals surface area (Å²) in [5, 5.41) is 18.0. The molecular formula is C22H27IN2O2S. The second kappa shape index (κ2) is 7.20. The van der Waals surface area contributed by atoms with Crippen LogP contribution in [-0.4, -0.2) is 11.0 Å². The fourth-order valence-electron chi connectivity index (χ4n) is 4.39. The molecule has 0 bridgehead atoms. The number of hydrogen-bond acceptors (Lipinski definition) is 4. The van der Waals surface area contributed by atoms with Gasteiger partial charge in [-0.1, -0.05) is 27.2 Å². The number of rotatable bonds is 3. The van der Waals surface area contributed by atoms with Crippen molar-refractivity contribution in [2.45, 2.75) is 59.5 Å². The van der Waals surface area contributed by atoms with E-state index in [9.17, 15) is 9.90 Å².